The third kappa shape index (κ3) is 4.87. The lowest BCUT2D eigenvalue weighted by Gasteiger charge is -2.12. The normalized spacial score (nSPS) is 11.4. The smallest absolute Gasteiger partial charge is 0.164 e. The number of pyridine rings is 3. The van der Waals surface area contributed by atoms with Crippen molar-refractivity contribution >= 4 is 32.8 Å². The molecule has 9 aromatic rings. The van der Waals surface area contributed by atoms with Crippen molar-refractivity contribution in [2.45, 2.75) is 0 Å². The number of aromatic nitrogens is 6. The first-order valence-corrected chi connectivity index (χ1v) is 15.3. The van der Waals surface area contributed by atoms with E-state index in [2.05, 4.69) is 35.3 Å². The minimum Gasteiger partial charge on any atom is -0.453 e. The van der Waals surface area contributed by atoms with E-state index in [1.54, 1.807) is 12.4 Å². The lowest BCUT2D eigenvalue weighted by Crippen LogP contribution is -2.00. The SMILES string of the molecule is c1ccc(-c2nc(-c3ccccc3)nc(-c3cccc(-c4nc(-c5cc6c(cn5)oc5cccnc56)cc5ccccc45)c3)n2)cc1. The number of nitrogens with zero attached hydrogens (tertiary/aromatic N) is 6. The van der Waals surface area contributed by atoms with Crippen molar-refractivity contribution in [3.05, 3.63) is 146 Å². The topological polar surface area (TPSA) is 90.5 Å². The summed E-state index contributed by atoms with van der Waals surface area (Å²) in [7, 11) is 0. The minimum atomic E-state index is 0.589. The second kappa shape index (κ2) is 11.1. The molecule has 5 heterocycles. The van der Waals surface area contributed by atoms with E-state index in [0.717, 1.165) is 66.6 Å². The maximum Gasteiger partial charge on any atom is 0.164 e. The predicted molar refractivity (Wildman–Crippen MR) is 185 cm³/mol. The lowest BCUT2D eigenvalue weighted by molar-refractivity contribution is 0.666. The Morgan fingerprint density at radius 3 is 1.85 bits per heavy atom. The molecule has 0 N–H and O–H groups in total. The number of hydrogen-bond acceptors (Lipinski definition) is 7. The van der Waals surface area contributed by atoms with Gasteiger partial charge in [-0.05, 0) is 35.7 Å². The summed E-state index contributed by atoms with van der Waals surface area (Å²) in [4.78, 5) is 29.2. The molecule has 0 atom stereocenters. The van der Waals surface area contributed by atoms with Gasteiger partial charge in [0, 0.05) is 33.8 Å². The number of fused-ring (bicyclic) bond motifs is 4. The molecular formula is C40H24N6O. The molecule has 0 saturated carbocycles. The summed E-state index contributed by atoms with van der Waals surface area (Å²) >= 11 is 0. The van der Waals surface area contributed by atoms with Gasteiger partial charge in [0.1, 0.15) is 5.52 Å². The van der Waals surface area contributed by atoms with Crippen LogP contribution in [0.3, 0.4) is 0 Å². The third-order valence-electron chi connectivity index (χ3n) is 8.21. The average molecular weight is 605 g/mol. The molecule has 0 radical (unpaired) electrons. The first-order valence-electron chi connectivity index (χ1n) is 15.3. The average Bonchev–Trinajstić information content (AvgIpc) is 3.53. The van der Waals surface area contributed by atoms with Gasteiger partial charge in [-0.25, -0.2) is 19.9 Å². The van der Waals surface area contributed by atoms with Gasteiger partial charge in [0.05, 0.1) is 28.7 Å². The van der Waals surface area contributed by atoms with Crippen LogP contribution in [0.1, 0.15) is 0 Å². The molecule has 0 spiro atoms. The van der Waals surface area contributed by atoms with Crippen molar-refractivity contribution in [1.82, 2.24) is 29.9 Å². The number of rotatable bonds is 5. The summed E-state index contributed by atoms with van der Waals surface area (Å²) in [5.41, 5.74) is 8.24. The van der Waals surface area contributed by atoms with E-state index < -0.39 is 0 Å². The van der Waals surface area contributed by atoms with Gasteiger partial charge < -0.3 is 4.42 Å². The summed E-state index contributed by atoms with van der Waals surface area (Å²) in [5, 5.41) is 3.01. The summed E-state index contributed by atoms with van der Waals surface area (Å²) in [6.07, 6.45) is 3.52. The molecule has 0 saturated heterocycles. The zero-order valence-corrected chi connectivity index (χ0v) is 24.9. The Labute approximate surface area is 269 Å². The van der Waals surface area contributed by atoms with E-state index in [0.29, 0.717) is 23.1 Å². The highest BCUT2D eigenvalue weighted by Crippen LogP contribution is 2.35. The maximum absolute atomic E-state index is 5.97. The number of benzene rings is 4. The molecule has 220 valence electrons. The molecule has 7 heteroatoms. The monoisotopic (exact) mass is 604 g/mol. The van der Waals surface area contributed by atoms with E-state index in [1.165, 1.54) is 0 Å². The molecule has 0 fully saturated rings. The summed E-state index contributed by atoms with van der Waals surface area (Å²) in [6.45, 7) is 0. The third-order valence-corrected chi connectivity index (χ3v) is 8.21. The summed E-state index contributed by atoms with van der Waals surface area (Å²) in [5.74, 6) is 1.83. The van der Waals surface area contributed by atoms with Crippen LogP contribution in [0, 0.1) is 0 Å². The molecule has 47 heavy (non-hydrogen) atoms. The van der Waals surface area contributed by atoms with E-state index in [9.17, 15) is 0 Å². The molecule has 0 amide bonds. The van der Waals surface area contributed by atoms with Gasteiger partial charge in [-0.3, -0.25) is 9.97 Å². The highest BCUT2D eigenvalue weighted by Gasteiger charge is 2.16. The standard InChI is InChI=1S/C40H24N6O/c1-3-11-25(12-4-1)38-44-39(26-13-5-2-6-14-26)46-40(45-38)29-17-9-16-28(21-29)36-30-18-8-7-15-27(30)22-33(43-36)32-23-31-35(24-42-32)47-34-19-10-20-41-37(31)34/h1-24H. The highest BCUT2D eigenvalue weighted by atomic mass is 16.3. The van der Waals surface area contributed by atoms with Crippen molar-refractivity contribution in [3.63, 3.8) is 0 Å². The van der Waals surface area contributed by atoms with Crippen LogP contribution in [0.25, 0.3) is 89.7 Å². The Kier molecular flexibility index (Phi) is 6.31. The van der Waals surface area contributed by atoms with Crippen LogP contribution in [0.15, 0.2) is 150 Å². The van der Waals surface area contributed by atoms with Gasteiger partial charge >= 0.3 is 0 Å². The molecule has 9 rings (SSSR count). The van der Waals surface area contributed by atoms with Crippen LogP contribution in [0.4, 0.5) is 0 Å². The van der Waals surface area contributed by atoms with Gasteiger partial charge in [0.25, 0.3) is 0 Å². The Hall–Kier alpha value is -6.60. The zero-order chi connectivity index (χ0) is 31.2. The molecule has 0 bridgehead atoms. The molecule has 7 nitrogen and oxygen atoms in total. The van der Waals surface area contributed by atoms with Crippen molar-refractivity contribution in [2.75, 3.05) is 0 Å². The largest absolute Gasteiger partial charge is 0.453 e. The summed E-state index contributed by atoms with van der Waals surface area (Å²) < 4.78 is 5.97. The number of hydrogen-bond donors (Lipinski definition) is 0. The fourth-order valence-electron chi connectivity index (χ4n) is 5.94. The Morgan fingerprint density at radius 1 is 0.426 bits per heavy atom. The molecule has 5 aromatic heterocycles. The predicted octanol–water partition coefficient (Wildman–Crippen LogP) is 9.44. The van der Waals surface area contributed by atoms with Crippen molar-refractivity contribution in [1.29, 1.82) is 0 Å². The fraction of sp³-hybridized carbons (Fsp3) is 0. The first-order chi connectivity index (χ1) is 23.3. The number of furan rings is 1. The molecule has 0 aliphatic heterocycles. The second-order valence-electron chi connectivity index (χ2n) is 11.2. The van der Waals surface area contributed by atoms with Crippen LogP contribution in [0.2, 0.25) is 0 Å². The van der Waals surface area contributed by atoms with Gasteiger partial charge in [0.2, 0.25) is 0 Å². The van der Waals surface area contributed by atoms with E-state index in [4.69, 9.17) is 29.3 Å². The molecule has 0 aliphatic carbocycles. The van der Waals surface area contributed by atoms with Gasteiger partial charge in [-0.2, -0.15) is 0 Å². The van der Waals surface area contributed by atoms with Crippen LogP contribution < -0.4 is 0 Å². The van der Waals surface area contributed by atoms with Crippen LogP contribution in [-0.4, -0.2) is 29.9 Å². The fourth-order valence-corrected chi connectivity index (χ4v) is 5.94. The Morgan fingerprint density at radius 2 is 1.09 bits per heavy atom. The summed E-state index contributed by atoms with van der Waals surface area (Å²) in [6, 6.07) is 44.4. The molecule has 0 unspecified atom stereocenters. The van der Waals surface area contributed by atoms with E-state index in [-0.39, 0.29) is 0 Å². The Balaban J connectivity index is 1.20. The Bertz CT molecular complexity index is 2520. The maximum atomic E-state index is 5.97. The molecule has 0 aliphatic rings. The first kappa shape index (κ1) is 26.8. The van der Waals surface area contributed by atoms with Gasteiger partial charge in [0.15, 0.2) is 28.6 Å². The molecular weight excluding hydrogens is 580 g/mol. The zero-order valence-electron chi connectivity index (χ0n) is 24.9. The highest BCUT2D eigenvalue weighted by molar-refractivity contribution is 6.03. The minimum absolute atomic E-state index is 0.589. The van der Waals surface area contributed by atoms with Crippen LogP contribution in [0.5, 0.6) is 0 Å². The van der Waals surface area contributed by atoms with Crippen molar-refractivity contribution in [2.24, 2.45) is 0 Å². The quantitative estimate of drug-likeness (QED) is 0.193. The van der Waals surface area contributed by atoms with Crippen molar-refractivity contribution in [3.8, 4) is 56.8 Å². The van der Waals surface area contributed by atoms with E-state index >= 15 is 0 Å². The van der Waals surface area contributed by atoms with Gasteiger partial charge in [-0.1, -0.05) is 103 Å². The van der Waals surface area contributed by atoms with Crippen LogP contribution >= 0.6 is 0 Å². The van der Waals surface area contributed by atoms with Gasteiger partial charge in [-0.15, -0.1) is 0 Å². The molecule has 4 aromatic carbocycles. The van der Waals surface area contributed by atoms with Crippen molar-refractivity contribution < 1.29 is 4.42 Å². The van der Waals surface area contributed by atoms with E-state index in [1.807, 2.05) is 103 Å². The lowest BCUT2D eigenvalue weighted by atomic mass is 10.00. The second-order valence-corrected chi connectivity index (χ2v) is 11.2. The van der Waals surface area contributed by atoms with Crippen LogP contribution in [-0.2, 0) is 0 Å².